The summed E-state index contributed by atoms with van der Waals surface area (Å²) in [4.78, 5) is 18.8. The fourth-order valence-electron chi connectivity index (χ4n) is 4.61. The van der Waals surface area contributed by atoms with Gasteiger partial charge in [-0.3, -0.25) is 9.88 Å². The lowest BCUT2D eigenvalue weighted by molar-refractivity contribution is 0.0357. The summed E-state index contributed by atoms with van der Waals surface area (Å²) in [5.41, 5.74) is 1.49. The van der Waals surface area contributed by atoms with Crippen LogP contribution in [0, 0.1) is 0 Å². The first kappa shape index (κ1) is 26.5. The number of ether oxygens (including phenoxy) is 4. The van der Waals surface area contributed by atoms with Crippen LogP contribution in [-0.2, 0) is 4.74 Å². The predicted octanol–water partition coefficient (Wildman–Crippen LogP) is 5.43. The van der Waals surface area contributed by atoms with Gasteiger partial charge in [0.25, 0.3) is 0 Å². The van der Waals surface area contributed by atoms with Crippen molar-refractivity contribution in [1.82, 2.24) is 15.2 Å². The van der Waals surface area contributed by atoms with Gasteiger partial charge in [-0.25, -0.2) is 4.79 Å². The molecule has 1 aliphatic rings. The Morgan fingerprint density at radius 3 is 2.64 bits per heavy atom. The largest absolute Gasteiger partial charge is 0.493 e. The normalized spacial score (nSPS) is 13.8. The number of methoxy groups -OCH3 is 1. The number of urea groups is 1. The van der Waals surface area contributed by atoms with Crippen LogP contribution in [0.4, 0.5) is 10.5 Å². The van der Waals surface area contributed by atoms with Gasteiger partial charge in [-0.2, -0.15) is 0 Å². The number of nitrogens with zero attached hydrogens (tertiary/aromatic N) is 2. The van der Waals surface area contributed by atoms with Gasteiger partial charge < -0.3 is 29.6 Å². The van der Waals surface area contributed by atoms with E-state index < -0.39 is 0 Å². The lowest BCUT2D eigenvalue weighted by Gasteiger charge is -2.26. The van der Waals surface area contributed by atoms with Gasteiger partial charge in [0.1, 0.15) is 11.5 Å². The van der Waals surface area contributed by atoms with E-state index >= 15 is 0 Å². The quantitative estimate of drug-likeness (QED) is 0.264. The maximum atomic E-state index is 11.8. The maximum Gasteiger partial charge on any atom is 0.319 e. The van der Waals surface area contributed by atoms with Crippen molar-refractivity contribution in [1.29, 1.82) is 0 Å². The zero-order valence-electron chi connectivity index (χ0n) is 22.4. The molecule has 0 unspecified atom stereocenters. The lowest BCUT2D eigenvalue weighted by Crippen LogP contribution is -2.37. The van der Waals surface area contributed by atoms with Crippen LogP contribution >= 0.6 is 0 Å². The molecule has 0 aliphatic carbocycles. The molecule has 0 saturated carbocycles. The molecular weight excluding hydrogens is 496 g/mol. The summed E-state index contributed by atoms with van der Waals surface area (Å²) < 4.78 is 23.4. The molecule has 9 nitrogen and oxygen atoms in total. The van der Waals surface area contributed by atoms with Crippen LogP contribution < -0.4 is 24.8 Å². The van der Waals surface area contributed by atoms with E-state index in [2.05, 4.69) is 20.5 Å². The summed E-state index contributed by atoms with van der Waals surface area (Å²) in [7, 11) is 1.64. The first-order valence-electron chi connectivity index (χ1n) is 13.3. The summed E-state index contributed by atoms with van der Waals surface area (Å²) in [5.74, 6) is 2.67. The summed E-state index contributed by atoms with van der Waals surface area (Å²) in [6.07, 6.45) is 2.65. The molecule has 39 heavy (non-hydrogen) atoms. The van der Waals surface area contributed by atoms with Crippen molar-refractivity contribution in [3.63, 3.8) is 0 Å². The fourth-order valence-corrected chi connectivity index (χ4v) is 4.61. The van der Waals surface area contributed by atoms with E-state index in [0.717, 1.165) is 66.6 Å². The highest BCUT2D eigenvalue weighted by Gasteiger charge is 2.14. The van der Waals surface area contributed by atoms with Crippen molar-refractivity contribution in [2.45, 2.75) is 13.3 Å². The number of hydrogen-bond donors (Lipinski definition) is 2. The third kappa shape index (κ3) is 6.68. The predicted molar refractivity (Wildman–Crippen MR) is 152 cm³/mol. The Hall–Kier alpha value is -4.08. The Labute approximate surface area is 228 Å². The smallest absolute Gasteiger partial charge is 0.319 e. The number of rotatable bonds is 10. The second kappa shape index (κ2) is 12.6. The summed E-state index contributed by atoms with van der Waals surface area (Å²) >= 11 is 0. The third-order valence-corrected chi connectivity index (χ3v) is 6.60. The number of carbonyl (C=O) groups is 1. The maximum absolute atomic E-state index is 11.8. The Morgan fingerprint density at radius 2 is 1.82 bits per heavy atom. The topological polar surface area (TPSA) is 94.2 Å². The van der Waals surface area contributed by atoms with Crippen LogP contribution in [0.5, 0.6) is 23.0 Å². The molecule has 2 N–H and O–H groups in total. The molecule has 2 amide bonds. The molecule has 0 spiro atoms. The minimum absolute atomic E-state index is 0.224. The molecule has 1 aromatic heterocycles. The van der Waals surface area contributed by atoms with Gasteiger partial charge in [-0.15, -0.1) is 0 Å². The molecule has 0 radical (unpaired) electrons. The van der Waals surface area contributed by atoms with Gasteiger partial charge in [0.15, 0.2) is 11.5 Å². The van der Waals surface area contributed by atoms with E-state index in [9.17, 15) is 4.79 Å². The Bertz CT molecular complexity index is 1440. The molecule has 9 heteroatoms. The second-order valence-corrected chi connectivity index (χ2v) is 9.30. The Balaban J connectivity index is 1.29. The molecule has 2 heterocycles. The van der Waals surface area contributed by atoms with Gasteiger partial charge >= 0.3 is 6.03 Å². The third-order valence-electron chi connectivity index (χ3n) is 6.60. The van der Waals surface area contributed by atoms with Crippen molar-refractivity contribution >= 4 is 33.4 Å². The molecule has 4 aromatic rings. The SMILES string of the molecule is CCNC(=O)Nc1ccc2cc(Oc3ccnc4cc(OCCCN5CCOCC5)c(OC)cc34)ccc2c1. The van der Waals surface area contributed by atoms with Crippen LogP contribution in [-0.4, -0.2) is 69.0 Å². The molecule has 3 aromatic carbocycles. The minimum atomic E-state index is -0.224. The molecule has 0 atom stereocenters. The van der Waals surface area contributed by atoms with Gasteiger partial charge in [0.2, 0.25) is 0 Å². The molecule has 204 valence electrons. The van der Waals surface area contributed by atoms with E-state index in [-0.39, 0.29) is 6.03 Å². The first-order chi connectivity index (χ1) is 19.1. The monoisotopic (exact) mass is 530 g/mol. The van der Waals surface area contributed by atoms with E-state index in [1.807, 2.05) is 61.5 Å². The van der Waals surface area contributed by atoms with E-state index in [0.29, 0.717) is 36.1 Å². The van der Waals surface area contributed by atoms with Crippen LogP contribution in [0.15, 0.2) is 60.8 Å². The molecule has 0 bridgehead atoms. The van der Waals surface area contributed by atoms with Gasteiger partial charge in [-0.05, 0) is 60.5 Å². The van der Waals surface area contributed by atoms with E-state index in [4.69, 9.17) is 18.9 Å². The molecule has 1 saturated heterocycles. The average Bonchev–Trinajstić information content (AvgIpc) is 2.96. The standard InChI is InChI=1S/C30H34N4O5/c1-3-31-30(35)33-23-7-5-22-18-24(8-6-21(22)17-23)39-27-9-10-32-26-20-29(28(36-2)19-25(26)27)38-14-4-11-34-12-15-37-16-13-34/h5-10,17-20H,3-4,11-16H2,1-2H3,(H2,31,33,35). The zero-order chi connectivity index (χ0) is 27.0. The number of carbonyl (C=O) groups excluding carboxylic acids is 1. The number of aromatic nitrogens is 1. The highest BCUT2D eigenvalue weighted by molar-refractivity contribution is 5.94. The molecule has 5 rings (SSSR count). The molecule has 1 fully saturated rings. The molecule has 1 aliphatic heterocycles. The van der Waals surface area contributed by atoms with Crippen molar-refractivity contribution in [2.75, 3.05) is 58.4 Å². The van der Waals surface area contributed by atoms with Crippen molar-refractivity contribution in [3.05, 3.63) is 60.8 Å². The van der Waals surface area contributed by atoms with Crippen LogP contribution in [0.2, 0.25) is 0 Å². The van der Waals surface area contributed by atoms with Crippen LogP contribution in [0.1, 0.15) is 13.3 Å². The number of benzene rings is 3. The number of nitrogens with one attached hydrogen (secondary N) is 2. The zero-order valence-corrected chi connectivity index (χ0v) is 22.4. The van der Waals surface area contributed by atoms with E-state index in [1.54, 1.807) is 13.3 Å². The van der Waals surface area contributed by atoms with Crippen molar-refractivity contribution in [2.24, 2.45) is 0 Å². The number of hydrogen-bond acceptors (Lipinski definition) is 7. The van der Waals surface area contributed by atoms with Gasteiger partial charge in [0.05, 0.1) is 32.4 Å². The number of fused-ring (bicyclic) bond motifs is 2. The highest BCUT2D eigenvalue weighted by Crippen LogP contribution is 2.37. The van der Waals surface area contributed by atoms with Gasteiger partial charge in [0, 0.05) is 49.5 Å². The Morgan fingerprint density at radius 1 is 1.00 bits per heavy atom. The number of anilines is 1. The summed E-state index contributed by atoms with van der Waals surface area (Å²) in [6.45, 7) is 7.56. The minimum Gasteiger partial charge on any atom is -0.493 e. The van der Waals surface area contributed by atoms with Crippen LogP contribution in [0.3, 0.4) is 0 Å². The fraction of sp³-hybridized carbons (Fsp3) is 0.333. The van der Waals surface area contributed by atoms with Crippen molar-refractivity contribution in [3.8, 4) is 23.0 Å². The van der Waals surface area contributed by atoms with Crippen LogP contribution in [0.25, 0.3) is 21.7 Å². The number of amides is 2. The summed E-state index contributed by atoms with van der Waals surface area (Å²) in [6, 6.07) is 17.1. The number of morpholine rings is 1. The lowest BCUT2D eigenvalue weighted by atomic mass is 10.1. The second-order valence-electron chi connectivity index (χ2n) is 9.30. The Kier molecular flexibility index (Phi) is 8.60. The average molecular weight is 531 g/mol. The molecular formula is C30H34N4O5. The summed E-state index contributed by atoms with van der Waals surface area (Å²) in [5, 5.41) is 8.39. The van der Waals surface area contributed by atoms with Crippen molar-refractivity contribution < 1.29 is 23.7 Å². The van der Waals surface area contributed by atoms with E-state index in [1.165, 1.54) is 0 Å². The number of pyridine rings is 1. The first-order valence-corrected chi connectivity index (χ1v) is 13.3. The van der Waals surface area contributed by atoms with Gasteiger partial charge in [-0.1, -0.05) is 12.1 Å². The highest BCUT2D eigenvalue weighted by atomic mass is 16.5.